The van der Waals surface area contributed by atoms with Gasteiger partial charge in [-0.1, -0.05) is 96.6 Å². The van der Waals surface area contributed by atoms with Crippen LogP contribution < -0.4 is 0 Å². The molecule has 26 heavy (non-hydrogen) atoms. The van der Waals surface area contributed by atoms with E-state index in [4.69, 9.17) is 0 Å². The fourth-order valence-corrected chi connectivity index (χ4v) is 2.28. The molecular formula is C26H18. The first-order valence-electron chi connectivity index (χ1n) is 8.48. The highest BCUT2D eigenvalue weighted by molar-refractivity contribution is 5.56. The van der Waals surface area contributed by atoms with E-state index in [0.717, 1.165) is 22.3 Å². The Kier molecular flexibility index (Phi) is 6.27. The maximum Gasteiger partial charge on any atom is 0.0405 e. The second-order valence-corrected chi connectivity index (χ2v) is 5.55. The highest BCUT2D eigenvalue weighted by Crippen LogP contribution is 2.08. The van der Waals surface area contributed by atoms with Gasteiger partial charge in [0.05, 0.1) is 0 Å². The Labute approximate surface area is 155 Å². The highest BCUT2D eigenvalue weighted by Gasteiger charge is 1.95. The summed E-state index contributed by atoms with van der Waals surface area (Å²) in [6, 6.07) is 7.99. The molecule has 0 bridgehead atoms. The van der Waals surface area contributed by atoms with Gasteiger partial charge in [-0.15, -0.1) is 0 Å². The van der Waals surface area contributed by atoms with Crippen LogP contribution in [-0.2, 0) is 0 Å². The van der Waals surface area contributed by atoms with Crippen LogP contribution >= 0.6 is 0 Å². The van der Waals surface area contributed by atoms with E-state index in [1.807, 2.05) is 109 Å². The van der Waals surface area contributed by atoms with Gasteiger partial charge >= 0.3 is 0 Å². The summed E-state index contributed by atoms with van der Waals surface area (Å²) in [6.45, 7) is 0. The Morgan fingerprint density at radius 1 is 0.423 bits per heavy atom. The van der Waals surface area contributed by atoms with Gasteiger partial charge in [0.25, 0.3) is 0 Å². The minimum Gasteiger partial charge on any atom is -0.0623 e. The minimum atomic E-state index is 0.932. The smallest absolute Gasteiger partial charge is 0.0405 e. The number of benzene rings is 1. The van der Waals surface area contributed by atoms with Crippen molar-refractivity contribution in [2.24, 2.45) is 0 Å². The SMILES string of the molecule is C(#Cc1ccccc1C#CC1=C/C=C\C=C/C=C\1)C1=C/C=C\C=C/C=C\1. The van der Waals surface area contributed by atoms with Crippen molar-refractivity contribution in [1.29, 1.82) is 0 Å². The molecule has 0 spiro atoms. The molecule has 0 atom stereocenters. The van der Waals surface area contributed by atoms with Crippen LogP contribution in [0.1, 0.15) is 11.1 Å². The zero-order chi connectivity index (χ0) is 17.9. The summed E-state index contributed by atoms with van der Waals surface area (Å²) in [6.07, 6.45) is 27.9. The zero-order valence-electron chi connectivity index (χ0n) is 14.4. The third-order valence-electron chi connectivity index (χ3n) is 3.60. The molecule has 0 fully saturated rings. The first-order valence-corrected chi connectivity index (χ1v) is 8.48. The van der Waals surface area contributed by atoms with E-state index in [2.05, 4.69) is 23.7 Å². The molecule has 0 aliphatic heterocycles. The summed E-state index contributed by atoms with van der Waals surface area (Å²) in [5, 5.41) is 0. The maximum atomic E-state index is 3.25. The molecule has 1 aromatic carbocycles. The normalized spacial score (nSPS) is 26.0. The first-order chi connectivity index (χ1) is 12.9. The Morgan fingerprint density at radius 3 is 1.35 bits per heavy atom. The molecular weight excluding hydrogens is 312 g/mol. The topological polar surface area (TPSA) is 0 Å². The van der Waals surface area contributed by atoms with Crippen LogP contribution in [-0.4, -0.2) is 0 Å². The van der Waals surface area contributed by atoms with Crippen LogP contribution in [0.5, 0.6) is 0 Å². The van der Waals surface area contributed by atoms with E-state index in [1.54, 1.807) is 0 Å². The third kappa shape index (κ3) is 5.41. The lowest BCUT2D eigenvalue weighted by atomic mass is 10.1. The lowest BCUT2D eigenvalue weighted by Crippen LogP contribution is -1.84. The maximum absolute atomic E-state index is 3.25. The Morgan fingerprint density at radius 2 is 0.846 bits per heavy atom. The number of hydrogen-bond donors (Lipinski definition) is 0. The van der Waals surface area contributed by atoms with E-state index >= 15 is 0 Å². The van der Waals surface area contributed by atoms with Crippen molar-refractivity contribution < 1.29 is 0 Å². The van der Waals surface area contributed by atoms with Gasteiger partial charge < -0.3 is 0 Å². The molecule has 0 nitrogen and oxygen atoms in total. The molecule has 0 unspecified atom stereocenters. The molecule has 0 saturated heterocycles. The van der Waals surface area contributed by atoms with Crippen molar-refractivity contribution in [2.75, 3.05) is 0 Å². The van der Waals surface area contributed by atoms with Crippen LogP contribution in [0.25, 0.3) is 0 Å². The van der Waals surface area contributed by atoms with E-state index < -0.39 is 0 Å². The average molecular weight is 330 g/mol. The van der Waals surface area contributed by atoms with Crippen LogP contribution in [0.4, 0.5) is 0 Å². The van der Waals surface area contributed by atoms with Crippen molar-refractivity contribution in [3.8, 4) is 23.7 Å². The van der Waals surface area contributed by atoms with Gasteiger partial charge in [0.2, 0.25) is 0 Å². The minimum absolute atomic E-state index is 0.932. The second-order valence-electron chi connectivity index (χ2n) is 5.55. The molecule has 3 rings (SSSR count). The number of rotatable bonds is 0. The predicted molar refractivity (Wildman–Crippen MR) is 111 cm³/mol. The molecule has 2 aliphatic carbocycles. The zero-order valence-corrected chi connectivity index (χ0v) is 14.4. The van der Waals surface area contributed by atoms with Crippen molar-refractivity contribution in [1.82, 2.24) is 0 Å². The van der Waals surface area contributed by atoms with Gasteiger partial charge in [-0.2, -0.15) is 0 Å². The Hall–Kier alpha value is -3.74. The summed E-state index contributed by atoms with van der Waals surface area (Å²) < 4.78 is 0. The highest BCUT2D eigenvalue weighted by atomic mass is 14.0. The average Bonchev–Trinajstić information content (AvgIpc) is 2.61. The van der Waals surface area contributed by atoms with E-state index in [0.29, 0.717) is 0 Å². The van der Waals surface area contributed by atoms with Gasteiger partial charge in [-0.3, -0.25) is 0 Å². The Balaban J connectivity index is 1.86. The lowest BCUT2D eigenvalue weighted by molar-refractivity contribution is 1.58. The van der Waals surface area contributed by atoms with Crippen LogP contribution in [0, 0.1) is 23.7 Å². The number of allylic oxidation sites excluding steroid dienone is 16. The number of hydrogen-bond acceptors (Lipinski definition) is 0. The molecule has 0 amide bonds. The molecule has 0 heterocycles. The van der Waals surface area contributed by atoms with E-state index in [-0.39, 0.29) is 0 Å². The van der Waals surface area contributed by atoms with Gasteiger partial charge in [0, 0.05) is 22.3 Å². The van der Waals surface area contributed by atoms with Crippen LogP contribution in [0.3, 0.4) is 0 Å². The summed E-state index contributed by atoms with van der Waals surface area (Å²) in [7, 11) is 0. The molecule has 122 valence electrons. The lowest BCUT2D eigenvalue weighted by Gasteiger charge is -1.96. The third-order valence-corrected chi connectivity index (χ3v) is 3.60. The largest absolute Gasteiger partial charge is 0.0623 e. The summed E-state index contributed by atoms with van der Waals surface area (Å²) in [5.41, 5.74) is 3.80. The van der Waals surface area contributed by atoms with Crippen LogP contribution in [0.15, 0.2) is 120 Å². The van der Waals surface area contributed by atoms with Crippen molar-refractivity contribution in [3.05, 3.63) is 132 Å². The summed E-state index contributed by atoms with van der Waals surface area (Å²) in [4.78, 5) is 0. The summed E-state index contributed by atoms with van der Waals surface area (Å²) >= 11 is 0. The molecule has 0 heteroatoms. The Bertz CT molecular complexity index is 936. The molecule has 2 aliphatic rings. The predicted octanol–water partition coefficient (Wildman–Crippen LogP) is 5.61. The van der Waals surface area contributed by atoms with Gasteiger partial charge in [-0.25, -0.2) is 0 Å². The van der Waals surface area contributed by atoms with Crippen molar-refractivity contribution in [3.63, 3.8) is 0 Å². The van der Waals surface area contributed by atoms with E-state index in [9.17, 15) is 0 Å². The molecule has 1 aromatic rings. The second kappa shape index (κ2) is 9.53. The van der Waals surface area contributed by atoms with Gasteiger partial charge in [0.15, 0.2) is 0 Å². The van der Waals surface area contributed by atoms with Gasteiger partial charge in [-0.05, 0) is 36.4 Å². The monoisotopic (exact) mass is 330 g/mol. The first kappa shape index (κ1) is 17.1. The molecule has 0 saturated carbocycles. The molecule has 0 radical (unpaired) electrons. The molecule has 0 N–H and O–H groups in total. The van der Waals surface area contributed by atoms with E-state index in [1.165, 1.54) is 0 Å². The molecule has 0 aromatic heterocycles. The fourth-order valence-electron chi connectivity index (χ4n) is 2.28. The standard InChI is InChI=1S/C26H18/c1-3-7-13-23(14-8-4-1)19-21-25-17-11-12-18-26(25)22-20-24-15-9-5-2-6-10-16-24/h1-18H/b3-1-,4-1?,5-2-,6-2?,7-3?,8-4-,9-5?,10-6-,13-7-,14-8?,15-9-,16-10?,23-13?,23-14+,24-15?,24-16+. The summed E-state index contributed by atoms with van der Waals surface area (Å²) in [5.74, 6) is 12.9. The van der Waals surface area contributed by atoms with Crippen molar-refractivity contribution in [2.45, 2.75) is 0 Å². The van der Waals surface area contributed by atoms with Crippen LogP contribution in [0.2, 0.25) is 0 Å². The van der Waals surface area contributed by atoms with Crippen molar-refractivity contribution >= 4 is 0 Å². The quantitative estimate of drug-likeness (QED) is 0.543. The fraction of sp³-hybridized carbons (Fsp3) is 0. The van der Waals surface area contributed by atoms with Gasteiger partial charge in [0.1, 0.15) is 0 Å².